The average Bonchev–Trinajstić information content (AvgIpc) is 2.72. The Morgan fingerprint density at radius 3 is 3.06 bits per heavy atom. The summed E-state index contributed by atoms with van der Waals surface area (Å²) in [4.78, 5) is 21.6. The summed E-state index contributed by atoms with van der Waals surface area (Å²) >= 11 is 1.96. The van der Waals surface area contributed by atoms with Crippen LogP contribution in [-0.2, 0) is 9.59 Å². The van der Waals surface area contributed by atoms with Crippen LogP contribution in [0.2, 0.25) is 0 Å². The summed E-state index contributed by atoms with van der Waals surface area (Å²) in [6, 6.07) is 0.502. The second-order valence-corrected chi connectivity index (χ2v) is 5.95. The summed E-state index contributed by atoms with van der Waals surface area (Å²) < 4.78 is 0. The molecule has 4 nitrogen and oxygen atoms in total. The van der Waals surface area contributed by atoms with Gasteiger partial charge >= 0.3 is 11.9 Å². The van der Waals surface area contributed by atoms with Crippen LogP contribution in [0, 0.1) is 5.92 Å². The maximum atomic E-state index is 11.3. The van der Waals surface area contributed by atoms with Crippen molar-refractivity contribution in [3.8, 4) is 0 Å². The molecule has 1 amide bonds. The van der Waals surface area contributed by atoms with E-state index in [4.69, 9.17) is 5.11 Å². The first-order chi connectivity index (χ1) is 7.66. The topological polar surface area (TPSA) is 71.0 Å². The first-order valence-corrected chi connectivity index (χ1v) is 6.93. The van der Waals surface area contributed by atoms with E-state index in [2.05, 4.69) is 0 Å². The third kappa shape index (κ3) is 2.77. The number of aliphatic carboxylic acids is 1. The zero-order chi connectivity index (χ0) is 11.5. The normalized spacial score (nSPS) is 33.0. The Hall–Kier alpha value is -0.550. The fourth-order valence-electron chi connectivity index (χ4n) is 2.67. The molecule has 0 bridgehead atoms. The Bertz CT molecular complexity index is 295. The van der Waals surface area contributed by atoms with Gasteiger partial charge in [-0.2, -0.15) is 11.8 Å². The third-order valence-electron chi connectivity index (χ3n) is 3.50. The molecule has 0 unspecified atom stereocenters. The zero-order valence-corrected chi connectivity index (χ0v) is 10.0. The Morgan fingerprint density at radius 1 is 1.50 bits per heavy atom. The maximum Gasteiger partial charge on any atom is 0.311 e. The minimum Gasteiger partial charge on any atom is -0.481 e. The lowest BCUT2D eigenvalue weighted by atomic mass is 9.94. The van der Waals surface area contributed by atoms with E-state index in [1.54, 1.807) is 0 Å². The lowest BCUT2D eigenvalue weighted by Crippen LogP contribution is -2.90. The Kier molecular flexibility index (Phi) is 3.86. The fourth-order valence-corrected chi connectivity index (χ4v) is 4.36. The fraction of sp³-hybridized carbons (Fsp3) is 0.818. The molecule has 0 aromatic carbocycles. The number of carbonyl (C=O) groups excluding carboxylic acids is 1. The van der Waals surface area contributed by atoms with Crippen molar-refractivity contribution in [2.75, 3.05) is 5.75 Å². The maximum absolute atomic E-state index is 11.3. The minimum atomic E-state index is -0.707. The Morgan fingerprint density at radius 2 is 2.31 bits per heavy atom. The number of quaternary nitrogens is 1. The van der Waals surface area contributed by atoms with Gasteiger partial charge in [0.05, 0.1) is 6.42 Å². The molecule has 0 spiro atoms. The van der Waals surface area contributed by atoms with Crippen LogP contribution in [0.25, 0.3) is 0 Å². The van der Waals surface area contributed by atoms with Gasteiger partial charge in [-0.15, -0.1) is 0 Å². The van der Waals surface area contributed by atoms with Gasteiger partial charge in [0.2, 0.25) is 0 Å². The quantitative estimate of drug-likeness (QED) is 0.679. The zero-order valence-electron chi connectivity index (χ0n) is 9.22. The van der Waals surface area contributed by atoms with Crippen molar-refractivity contribution < 1.29 is 20.0 Å². The molecule has 16 heavy (non-hydrogen) atoms. The lowest BCUT2D eigenvalue weighted by Gasteiger charge is -2.13. The van der Waals surface area contributed by atoms with E-state index in [1.807, 2.05) is 17.1 Å². The van der Waals surface area contributed by atoms with Crippen molar-refractivity contribution in [3.05, 3.63) is 0 Å². The number of primary amides is 1. The number of unbranched alkanes of at least 4 members (excludes halogenated alkanes) is 1. The van der Waals surface area contributed by atoms with Gasteiger partial charge in [0.25, 0.3) is 0 Å². The van der Waals surface area contributed by atoms with E-state index < -0.39 is 5.97 Å². The molecule has 2 aliphatic heterocycles. The van der Waals surface area contributed by atoms with Crippen molar-refractivity contribution in [1.82, 2.24) is 0 Å². The van der Waals surface area contributed by atoms with Crippen LogP contribution in [0.4, 0.5) is 0 Å². The van der Waals surface area contributed by atoms with E-state index in [-0.39, 0.29) is 6.42 Å². The number of nitrogens with two attached hydrogens (primary N) is 1. The first kappa shape index (κ1) is 11.9. The highest BCUT2D eigenvalue weighted by Crippen LogP contribution is 2.38. The number of carboxylic acids is 1. The molecule has 0 radical (unpaired) electrons. The molecular weight excluding hydrogens is 226 g/mol. The molecule has 2 saturated heterocycles. The van der Waals surface area contributed by atoms with E-state index in [0.29, 0.717) is 23.1 Å². The predicted molar refractivity (Wildman–Crippen MR) is 61.2 cm³/mol. The van der Waals surface area contributed by atoms with Crippen LogP contribution >= 0.6 is 11.8 Å². The molecule has 90 valence electrons. The second-order valence-electron chi connectivity index (χ2n) is 4.68. The largest absolute Gasteiger partial charge is 0.481 e. The third-order valence-corrected chi connectivity index (χ3v) is 5.09. The lowest BCUT2D eigenvalue weighted by molar-refractivity contribution is -0.590. The van der Waals surface area contributed by atoms with Crippen LogP contribution < -0.4 is 5.32 Å². The number of fused-ring (bicyclic) bond motifs is 1. The van der Waals surface area contributed by atoms with Crippen LogP contribution in [0.15, 0.2) is 0 Å². The van der Waals surface area contributed by atoms with Gasteiger partial charge in [-0.25, -0.2) is 4.79 Å². The van der Waals surface area contributed by atoms with Crippen LogP contribution in [-0.4, -0.2) is 34.0 Å². The first-order valence-electron chi connectivity index (χ1n) is 5.88. The molecular formula is C11H18NO3S+. The minimum absolute atomic E-state index is 0.274. The average molecular weight is 244 g/mol. The van der Waals surface area contributed by atoms with Crippen molar-refractivity contribution in [3.63, 3.8) is 0 Å². The van der Waals surface area contributed by atoms with E-state index in [1.165, 1.54) is 0 Å². The molecule has 2 heterocycles. The summed E-state index contributed by atoms with van der Waals surface area (Å²) in [5, 5.41) is 11.0. The molecule has 0 aromatic heterocycles. The predicted octanol–water partition coefficient (Wildman–Crippen LogP) is 0.225. The smallest absolute Gasteiger partial charge is 0.311 e. The summed E-state index contributed by atoms with van der Waals surface area (Å²) in [5.41, 5.74) is 0. The molecule has 0 aliphatic carbocycles. The van der Waals surface area contributed by atoms with Crippen molar-refractivity contribution in [1.29, 1.82) is 0 Å². The van der Waals surface area contributed by atoms with Gasteiger partial charge in [-0.1, -0.05) is 6.42 Å². The molecule has 5 heteroatoms. The molecule has 2 fully saturated rings. The van der Waals surface area contributed by atoms with E-state index in [9.17, 15) is 9.59 Å². The molecule has 3 N–H and O–H groups in total. The second kappa shape index (κ2) is 5.19. The van der Waals surface area contributed by atoms with Crippen molar-refractivity contribution in [2.24, 2.45) is 5.92 Å². The summed E-state index contributed by atoms with van der Waals surface area (Å²) in [5.74, 6) is 1.23. The standard InChI is InChI=1S/C11H17NO3S/c13-10-5-7-8(12-10)6-16-9(7)3-1-2-4-11(14)15/h7-9H,1-6H2,(H,12,13)(H,14,15)/p+1/t7-,8-,9-/m0/s1. The van der Waals surface area contributed by atoms with Gasteiger partial charge in [-0.05, 0) is 12.8 Å². The number of hydrogen-bond donors (Lipinski definition) is 2. The molecule has 2 aliphatic rings. The molecule has 3 atom stereocenters. The van der Waals surface area contributed by atoms with Gasteiger partial charge in [0, 0.05) is 23.3 Å². The molecule has 0 saturated carbocycles. The number of amides is 1. The van der Waals surface area contributed by atoms with Crippen LogP contribution in [0.5, 0.6) is 0 Å². The van der Waals surface area contributed by atoms with E-state index >= 15 is 0 Å². The van der Waals surface area contributed by atoms with Gasteiger partial charge in [0.1, 0.15) is 6.04 Å². The summed E-state index contributed by atoms with van der Waals surface area (Å²) in [6.07, 6.45) is 3.81. The summed E-state index contributed by atoms with van der Waals surface area (Å²) in [6.45, 7) is 0. The highest BCUT2D eigenvalue weighted by Gasteiger charge is 2.46. The van der Waals surface area contributed by atoms with Crippen LogP contribution in [0.1, 0.15) is 32.1 Å². The molecule has 0 aromatic rings. The molecule has 2 rings (SSSR count). The number of thioether (sulfide) groups is 1. The van der Waals surface area contributed by atoms with Crippen LogP contribution in [0.3, 0.4) is 0 Å². The monoisotopic (exact) mass is 244 g/mol. The van der Waals surface area contributed by atoms with E-state index in [0.717, 1.165) is 31.4 Å². The Labute approximate surface area is 99.2 Å². The highest BCUT2D eigenvalue weighted by molar-refractivity contribution is 8.00. The number of carboxylic acid groups (broad SMARTS) is 1. The van der Waals surface area contributed by atoms with Crippen molar-refractivity contribution >= 4 is 23.6 Å². The van der Waals surface area contributed by atoms with Gasteiger partial charge in [0.15, 0.2) is 0 Å². The van der Waals surface area contributed by atoms with Crippen molar-refractivity contribution in [2.45, 2.75) is 43.4 Å². The number of carbonyl (C=O) groups is 2. The SMILES string of the molecule is O=C(O)CCCC[C@@H]1SC[C@@H]2[NH2+]C(=O)C[C@@H]21. The van der Waals surface area contributed by atoms with Gasteiger partial charge < -0.3 is 5.11 Å². The number of rotatable bonds is 5. The summed E-state index contributed by atoms with van der Waals surface area (Å²) in [7, 11) is 0. The number of hydrogen-bond acceptors (Lipinski definition) is 3. The van der Waals surface area contributed by atoms with Gasteiger partial charge in [-0.3, -0.25) is 10.1 Å². The highest BCUT2D eigenvalue weighted by atomic mass is 32.2. The Balaban J connectivity index is 1.70.